The zero-order valence-electron chi connectivity index (χ0n) is 11.7. The highest BCUT2D eigenvalue weighted by Crippen LogP contribution is 2.26. The lowest BCUT2D eigenvalue weighted by atomic mass is 9.85. The maximum absolute atomic E-state index is 12.1. The lowest BCUT2D eigenvalue weighted by Gasteiger charge is -2.20. The van der Waals surface area contributed by atoms with Gasteiger partial charge in [-0.15, -0.1) is 0 Å². The number of hydrogen-bond donors (Lipinski definition) is 0. The lowest BCUT2D eigenvalue weighted by molar-refractivity contribution is -0.119. The van der Waals surface area contributed by atoms with E-state index >= 15 is 0 Å². The van der Waals surface area contributed by atoms with E-state index < -0.39 is 0 Å². The van der Waals surface area contributed by atoms with Crippen LogP contribution in [0.25, 0.3) is 0 Å². The van der Waals surface area contributed by atoms with Gasteiger partial charge in [0.2, 0.25) is 0 Å². The second-order valence-corrected chi connectivity index (χ2v) is 5.92. The lowest BCUT2D eigenvalue weighted by Crippen LogP contribution is -2.13. The third-order valence-corrected chi connectivity index (χ3v) is 3.92. The van der Waals surface area contributed by atoms with E-state index in [1.165, 1.54) is 48.8 Å². The summed E-state index contributed by atoms with van der Waals surface area (Å²) in [6, 6.07) is 6.45. The van der Waals surface area contributed by atoms with Crippen molar-refractivity contribution in [3.8, 4) is 0 Å². The molecular formula is C17H24O. The molecule has 0 aliphatic heterocycles. The van der Waals surface area contributed by atoms with Crippen LogP contribution in [-0.4, -0.2) is 5.78 Å². The van der Waals surface area contributed by atoms with Gasteiger partial charge in [0.15, 0.2) is 0 Å². The van der Waals surface area contributed by atoms with Crippen LogP contribution in [0.4, 0.5) is 0 Å². The van der Waals surface area contributed by atoms with Crippen molar-refractivity contribution >= 4 is 5.78 Å². The molecule has 1 fully saturated rings. The first-order valence-corrected chi connectivity index (χ1v) is 7.22. The Bertz CT molecular complexity index is 393. The standard InChI is InChI=1S/C17H24O/c1-13-8-14(2)10-16(9-13)12-17(18)11-15-6-4-3-5-7-15/h8-10,15H,3-7,11-12H2,1-2H3. The third-order valence-electron chi connectivity index (χ3n) is 3.92. The molecule has 0 heterocycles. The van der Waals surface area contributed by atoms with Crippen molar-refractivity contribution in [1.29, 1.82) is 0 Å². The number of carbonyl (C=O) groups is 1. The Balaban J connectivity index is 1.89. The summed E-state index contributed by atoms with van der Waals surface area (Å²) in [5.74, 6) is 1.09. The maximum atomic E-state index is 12.1. The molecule has 0 aromatic heterocycles. The van der Waals surface area contributed by atoms with Crippen molar-refractivity contribution in [3.63, 3.8) is 0 Å². The summed E-state index contributed by atoms with van der Waals surface area (Å²) in [5.41, 5.74) is 3.71. The van der Waals surface area contributed by atoms with Gasteiger partial charge in [-0.1, -0.05) is 61.4 Å². The zero-order chi connectivity index (χ0) is 13.0. The molecule has 2 rings (SSSR count). The van der Waals surface area contributed by atoms with E-state index in [9.17, 15) is 4.79 Å². The first-order chi connectivity index (χ1) is 8.63. The predicted molar refractivity (Wildman–Crippen MR) is 75.8 cm³/mol. The number of hydrogen-bond acceptors (Lipinski definition) is 1. The van der Waals surface area contributed by atoms with Crippen LogP contribution >= 0.6 is 0 Å². The van der Waals surface area contributed by atoms with Gasteiger partial charge in [-0.2, -0.15) is 0 Å². The van der Waals surface area contributed by atoms with Gasteiger partial charge in [0.05, 0.1) is 0 Å². The quantitative estimate of drug-likeness (QED) is 0.768. The molecule has 0 amide bonds. The zero-order valence-corrected chi connectivity index (χ0v) is 11.7. The van der Waals surface area contributed by atoms with E-state index in [1.807, 2.05) is 0 Å². The highest BCUT2D eigenvalue weighted by molar-refractivity contribution is 5.81. The van der Waals surface area contributed by atoms with Gasteiger partial charge in [-0.05, 0) is 25.3 Å². The summed E-state index contributed by atoms with van der Waals surface area (Å²) in [4.78, 5) is 12.1. The van der Waals surface area contributed by atoms with E-state index in [0.29, 0.717) is 18.1 Å². The van der Waals surface area contributed by atoms with E-state index in [1.54, 1.807) is 0 Å². The highest BCUT2D eigenvalue weighted by Gasteiger charge is 2.17. The second-order valence-electron chi connectivity index (χ2n) is 5.92. The van der Waals surface area contributed by atoms with Crippen molar-refractivity contribution in [2.24, 2.45) is 5.92 Å². The van der Waals surface area contributed by atoms with E-state index in [4.69, 9.17) is 0 Å². The van der Waals surface area contributed by atoms with Crippen molar-refractivity contribution < 1.29 is 4.79 Å². The normalized spacial score (nSPS) is 16.8. The molecule has 0 bridgehead atoms. The number of aryl methyl sites for hydroxylation is 2. The number of ketones is 1. The maximum Gasteiger partial charge on any atom is 0.137 e. The Morgan fingerprint density at radius 1 is 1.06 bits per heavy atom. The first kappa shape index (κ1) is 13.3. The molecule has 0 N–H and O–H groups in total. The fraction of sp³-hybridized carbons (Fsp3) is 0.588. The minimum absolute atomic E-state index is 0.423. The van der Waals surface area contributed by atoms with Crippen LogP contribution in [0.5, 0.6) is 0 Å². The number of carbonyl (C=O) groups excluding carboxylic acids is 1. The molecule has 1 aromatic carbocycles. The third kappa shape index (κ3) is 3.97. The highest BCUT2D eigenvalue weighted by atomic mass is 16.1. The van der Waals surface area contributed by atoms with Crippen LogP contribution in [0.2, 0.25) is 0 Å². The molecule has 0 atom stereocenters. The summed E-state index contributed by atoms with van der Waals surface area (Å²) in [6.07, 6.45) is 7.95. The average Bonchev–Trinajstić information content (AvgIpc) is 2.28. The summed E-state index contributed by atoms with van der Waals surface area (Å²) in [6.45, 7) is 4.20. The molecule has 0 saturated heterocycles. The predicted octanol–water partition coefficient (Wildman–Crippen LogP) is 4.39. The van der Waals surface area contributed by atoms with Crippen LogP contribution in [0.1, 0.15) is 55.2 Å². The molecule has 1 nitrogen and oxygen atoms in total. The molecular weight excluding hydrogens is 220 g/mol. The molecule has 1 aliphatic carbocycles. The average molecular weight is 244 g/mol. The summed E-state index contributed by atoms with van der Waals surface area (Å²) in [5, 5.41) is 0. The van der Waals surface area contributed by atoms with E-state index in [-0.39, 0.29) is 0 Å². The van der Waals surface area contributed by atoms with Crippen molar-refractivity contribution in [2.75, 3.05) is 0 Å². The largest absolute Gasteiger partial charge is 0.299 e. The minimum atomic E-state index is 0.423. The van der Waals surface area contributed by atoms with Gasteiger partial charge in [-0.3, -0.25) is 4.79 Å². The van der Waals surface area contributed by atoms with Crippen molar-refractivity contribution in [1.82, 2.24) is 0 Å². The van der Waals surface area contributed by atoms with Crippen LogP contribution in [-0.2, 0) is 11.2 Å². The molecule has 0 radical (unpaired) electrons. The molecule has 18 heavy (non-hydrogen) atoms. The molecule has 0 unspecified atom stereocenters. The number of rotatable bonds is 4. The molecule has 1 saturated carbocycles. The fourth-order valence-corrected chi connectivity index (χ4v) is 3.18. The minimum Gasteiger partial charge on any atom is -0.299 e. The number of Topliss-reactive ketones (excluding diaryl/α,β-unsaturated/α-hetero) is 1. The van der Waals surface area contributed by atoms with Gasteiger partial charge >= 0.3 is 0 Å². The van der Waals surface area contributed by atoms with E-state index in [2.05, 4.69) is 32.0 Å². The Morgan fingerprint density at radius 2 is 1.67 bits per heavy atom. The summed E-state index contributed by atoms with van der Waals surface area (Å²) in [7, 11) is 0. The van der Waals surface area contributed by atoms with Gasteiger partial charge in [0, 0.05) is 12.8 Å². The fourth-order valence-electron chi connectivity index (χ4n) is 3.18. The van der Waals surface area contributed by atoms with Gasteiger partial charge in [0.1, 0.15) is 5.78 Å². The molecule has 98 valence electrons. The van der Waals surface area contributed by atoms with Crippen LogP contribution < -0.4 is 0 Å². The Labute approximate surface area is 111 Å². The first-order valence-electron chi connectivity index (χ1n) is 7.22. The van der Waals surface area contributed by atoms with Crippen molar-refractivity contribution in [3.05, 3.63) is 34.9 Å². The van der Waals surface area contributed by atoms with Crippen LogP contribution in [0, 0.1) is 19.8 Å². The second kappa shape index (κ2) is 6.17. The summed E-state index contributed by atoms with van der Waals surface area (Å²) < 4.78 is 0. The van der Waals surface area contributed by atoms with Gasteiger partial charge in [0.25, 0.3) is 0 Å². The van der Waals surface area contributed by atoms with E-state index in [0.717, 1.165) is 6.42 Å². The monoisotopic (exact) mass is 244 g/mol. The van der Waals surface area contributed by atoms with Gasteiger partial charge in [-0.25, -0.2) is 0 Å². The molecule has 0 spiro atoms. The summed E-state index contributed by atoms with van der Waals surface area (Å²) >= 11 is 0. The molecule has 1 aromatic rings. The smallest absolute Gasteiger partial charge is 0.137 e. The van der Waals surface area contributed by atoms with Crippen LogP contribution in [0.15, 0.2) is 18.2 Å². The van der Waals surface area contributed by atoms with Gasteiger partial charge < -0.3 is 0 Å². The SMILES string of the molecule is Cc1cc(C)cc(CC(=O)CC2CCCCC2)c1. The Morgan fingerprint density at radius 3 is 2.28 bits per heavy atom. The molecule has 1 heteroatoms. The van der Waals surface area contributed by atoms with Crippen LogP contribution in [0.3, 0.4) is 0 Å². The topological polar surface area (TPSA) is 17.1 Å². The number of benzene rings is 1. The molecule has 1 aliphatic rings. The van der Waals surface area contributed by atoms with Crippen molar-refractivity contribution in [2.45, 2.75) is 58.8 Å². The Hall–Kier alpha value is -1.11. The Kier molecular flexibility index (Phi) is 4.57.